The lowest BCUT2D eigenvalue weighted by Crippen LogP contribution is -2.08. The van der Waals surface area contributed by atoms with Crippen molar-refractivity contribution < 1.29 is 0 Å². The quantitative estimate of drug-likeness (QED) is 0.204. The van der Waals surface area contributed by atoms with Crippen LogP contribution in [0.25, 0.3) is 10.4 Å². The Bertz CT molecular complexity index is 409. The minimum atomic E-state index is -0.163. The summed E-state index contributed by atoms with van der Waals surface area (Å²) in [5, 5.41) is 3.93. The molecule has 0 saturated carbocycles. The lowest BCUT2D eigenvalue weighted by Gasteiger charge is -1.98. The zero-order valence-electron chi connectivity index (χ0n) is 7.60. The molecule has 0 atom stereocenters. The second kappa shape index (κ2) is 5.31. The van der Waals surface area contributed by atoms with E-state index in [2.05, 4.69) is 20.0 Å². The Balaban J connectivity index is 2.58. The molecule has 0 bridgehead atoms. The molecule has 0 aromatic carbocycles. The zero-order chi connectivity index (χ0) is 10.4. The van der Waals surface area contributed by atoms with E-state index in [4.69, 9.17) is 5.53 Å². The van der Waals surface area contributed by atoms with Crippen LogP contribution >= 0.6 is 11.8 Å². The summed E-state index contributed by atoms with van der Waals surface area (Å²) in [6.07, 6.45) is 0. The van der Waals surface area contributed by atoms with E-state index >= 15 is 0 Å². The summed E-state index contributed by atoms with van der Waals surface area (Å²) < 4.78 is 0. The summed E-state index contributed by atoms with van der Waals surface area (Å²) in [5.74, 6) is 0.608. The van der Waals surface area contributed by atoms with Gasteiger partial charge in [0.25, 0.3) is 5.56 Å². The number of nitrogens with one attached hydrogen (secondary N) is 1. The molecule has 1 rings (SSSR count). The molecule has 14 heavy (non-hydrogen) atoms. The van der Waals surface area contributed by atoms with E-state index in [1.165, 1.54) is 17.8 Å². The number of aryl methyl sites for hydroxylation is 1. The molecule has 0 aliphatic rings. The van der Waals surface area contributed by atoms with Crippen LogP contribution in [0, 0.1) is 6.92 Å². The molecule has 0 spiro atoms. The highest BCUT2D eigenvalue weighted by atomic mass is 32.2. The summed E-state index contributed by atoms with van der Waals surface area (Å²) in [7, 11) is 0. The SMILES string of the molecule is Cc1cc(=O)[nH]c(SCCN=[N+]=[N-])n1. The van der Waals surface area contributed by atoms with Crippen LogP contribution in [-0.4, -0.2) is 22.3 Å². The Morgan fingerprint density at radius 2 is 2.57 bits per heavy atom. The van der Waals surface area contributed by atoms with Crippen LogP contribution in [0.15, 0.2) is 21.1 Å². The van der Waals surface area contributed by atoms with Gasteiger partial charge in [0.05, 0.1) is 0 Å². The van der Waals surface area contributed by atoms with Gasteiger partial charge in [0.1, 0.15) is 0 Å². The van der Waals surface area contributed by atoms with E-state index in [-0.39, 0.29) is 5.56 Å². The lowest BCUT2D eigenvalue weighted by molar-refractivity contribution is 0.904. The fraction of sp³-hybridized carbons (Fsp3) is 0.429. The van der Waals surface area contributed by atoms with Gasteiger partial charge in [0.2, 0.25) is 0 Å². The van der Waals surface area contributed by atoms with Crippen molar-refractivity contribution in [1.29, 1.82) is 0 Å². The van der Waals surface area contributed by atoms with Crippen molar-refractivity contribution in [3.63, 3.8) is 0 Å². The van der Waals surface area contributed by atoms with E-state index in [9.17, 15) is 4.79 Å². The fourth-order valence-corrected chi connectivity index (χ4v) is 1.60. The summed E-state index contributed by atoms with van der Waals surface area (Å²) in [6.45, 7) is 2.14. The van der Waals surface area contributed by atoms with Gasteiger partial charge in [-0.3, -0.25) is 4.79 Å². The van der Waals surface area contributed by atoms with Crippen LogP contribution in [0.1, 0.15) is 5.69 Å². The second-order valence-electron chi connectivity index (χ2n) is 2.49. The number of hydrogen-bond acceptors (Lipinski definition) is 4. The Kier molecular flexibility index (Phi) is 4.03. The number of aromatic amines is 1. The van der Waals surface area contributed by atoms with Gasteiger partial charge in [-0.15, -0.1) is 0 Å². The van der Waals surface area contributed by atoms with Gasteiger partial charge in [0.15, 0.2) is 5.16 Å². The minimum Gasteiger partial charge on any atom is -0.301 e. The van der Waals surface area contributed by atoms with E-state index in [0.29, 0.717) is 23.1 Å². The molecule has 0 unspecified atom stereocenters. The number of hydrogen-bond donors (Lipinski definition) is 1. The molecule has 0 aliphatic carbocycles. The number of aromatic nitrogens is 2. The van der Waals surface area contributed by atoms with Gasteiger partial charge < -0.3 is 4.98 Å². The van der Waals surface area contributed by atoms with Crippen LogP contribution in [0.3, 0.4) is 0 Å². The first kappa shape index (κ1) is 10.6. The molecule has 0 fully saturated rings. The molecule has 1 heterocycles. The molecule has 0 aliphatic heterocycles. The molecular weight excluding hydrogens is 202 g/mol. The van der Waals surface area contributed by atoms with Gasteiger partial charge >= 0.3 is 0 Å². The fourth-order valence-electron chi connectivity index (χ4n) is 0.848. The maximum absolute atomic E-state index is 11.0. The maximum Gasteiger partial charge on any atom is 0.251 e. The number of thioether (sulfide) groups is 1. The molecular formula is C7H9N5OS. The predicted octanol–water partition coefficient (Wildman–Crippen LogP) is 1.48. The molecule has 0 amide bonds. The number of rotatable bonds is 4. The first-order valence-corrected chi connectivity index (χ1v) is 4.92. The highest BCUT2D eigenvalue weighted by molar-refractivity contribution is 7.99. The van der Waals surface area contributed by atoms with Gasteiger partial charge in [0, 0.05) is 29.0 Å². The van der Waals surface area contributed by atoms with Crippen LogP contribution in [-0.2, 0) is 0 Å². The van der Waals surface area contributed by atoms with Crippen molar-refractivity contribution >= 4 is 11.8 Å². The number of nitrogens with zero attached hydrogens (tertiary/aromatic N) is 4. The van der Waals surface area contributed by atoms with Gasteiger partial charge in [-0.2, -0.15) is 0 Å². The number of H-pyrrole nitrogens is 1. The Labute approximate surface area is 84.4 Å². The first-order valence-electron chi connectivity index (χ1n) is 3.94. The van der Waals surface area contributed by atoms with Crippen molar-refractivity contribution in [3.05, 3.63) is 32.6 Å². The molecule has 6 nitrogen and oxygen atoms in total. The third kappa shape index (κ3) is 3.51. The lowest BCUT2D eigenvalue weighted by atomic mass is 10.5. The first-order chi connectivity index (χ1) is 6.72. The minimum absolute atomic E-state index is 0.163. The molecule has 1 aromatic heterocycles. The van der Waals surface area contributed by atoms with E-state index in [1.54, 1.807) is 6.92 Å². The highest BCUT2D eigenvalue weighted by Crippen LogP contribution is 2.10. The van der Waals surface area contributed by atoms with Gasteiger partial charge in [-0.05, 0) is 12.5 Å². The smallest absolute Gasteiger partial charge is 0.251 e. The van der Waals surface area contributed by atoms with Crippen LogP contribution in [0.4, 0.5) is 0 Å². The van der Waals surface area contributed by atoms with E-state index in [1.807, 2.05) is 0 Å². The molecule has 7 heteroatoms. The normalized spacial score (nSPS) is 9.50. The Morgan fingerprint density at radius 3 is 3.21 bits per heavy atom. The summed E-state index contributed by atoms with van der Waals surface area (Å²) >= 11 is 1.36. The Morgan fingerprint density at radius 1 is 1.79 bits per heavy atom. The average molecular weight is 211 g/mol. The van der Waals surface area contributed by atoms with Crippen molar-refractivity contribution in [3.8, 4) is 0 Å². The molecule has 0 saturated heterocycles. The summed E-state index contributed by atoms with van der Waals surface area (Å²) in [6, 6.07) is 1.43. The van der Waals surface area contributed by atoms with Crippen LogP contribution in [0.2, 0.25) is 0 Å². The standard InChI is InChI=1S/C7H9N5OS/c1-5-4-6(13)11-7(10-5)14-3-2-9-12-8/h4H,2-3H2,1H3,(H,10,11,13). The van der Waals surface area contributed by atoms with E-state index in [0.717, 1.165) is 0 Å². The summed E-state index contributed by atoms with van der Waals surface area (Å²) in [4.78, 5) is 20.3. The second-order valence-corrected chi connectivity index (χ2v) is 3.58. The largest absolute Gasteiger partial charge is 0.301 e. The van der Waals surface area contributed by atoms with E-state index < -0.39 is 0 Å². The third-order valence-corrected chi connectivity index (χ3v) is 2.19. The van der Waals surface area contributed by atoms with Crippen LogP contribution < -0.4 is 5.56 Å². The topological polar surface area (TPSA) is 94.5 Å². The van der Waals surface area contributed by atoms with Crippen LogP contribution in [0.5, 0.6) is 0 Å². The predicted molar refractivity (Wildman–Crippen MR) is 54.3 cm³/mol. The third-order valence-electron chi connectivity index (χ3n) is 1.34. The monoisotopic (exact) mass is 211 g/mol. The van der Waals surface area contributed by atoms with Crippen molar-refractivity contribution in [1.82, 2.24) is 9.97 Å². The molecule has 1 N–H and O–H groups in total. The highest BCUT2D eigenvalue weighted by Gasteiger charge is 1.97. The molecule has 0 radical (unpaired) electrons. The van der Waals surface area contributed by atoms with Gasteiger partial charge in [-0.25, -0.2) is 4.98 Å². The van der Waals surface area contributed by atoms with Crippen molar-refractivity contribution in [2.45, 2.75) is 12.1 Å². The maximum atomic E-state index is 11.0. The molecule has 74 valence electrons. The number of azide groups is 1. The van der Waals surface area contributed by atoms with Crippen molar-refractivity contribution in [2.75, 3.05) is 12.3 Å². The van der Waals surface area contributed by atoms with Gasteiger partial charge in [-0.1, -0.05) is 16.9 Å². The average Bonchev–Trinajstić information content (AvgIpc) is 2.11. The summed E-state index contributed by atoms with van der Waals surface area (Å²) in [5.41, 5.74) is 8.54. The molecule has 1 aromatic rings. The van der Waals surface area contributed by atoms with Crippen molar-refractivity contribution in [2.24, 2.45) is 5.11 Å². The Hall–Kier alpha value is -1.46. The zero-order valence-corrected chi connectivity index (χ0v) is 8.41.